The highest BCUT2D eigenvalue weighted by Crippen LogP contribution is 2.29. The molecule has 0 aliphatic rings. The Morgan fingerprint density at radius 3 is 2.05 bits per heavy atom. The lowest BCUT2D eigenvalue weighted by atomic mass is 9.81. The van der Waals surface area contributed by atoms with E-state index < -0.39 is 0 Å². The van der Waals surface area contributed by atoms with E-state index in [-0.39, 0.29) is 0 Å². The molecule has 0 saturated heterocycles. The normalized spacial score (nSPS) is 12.3. The molecule has 3 nitrogen and oxygen atoms in total. The first-order valence-electron chi connectivity index (χ1n) is 8.24. The van der Waals surface area contributed by atoms with Crippen molar-refractivity contribution >= 4 is 5.69 Å². The third-order valence-corrected chi connectivity index (χ3v) is 3.67. The van der Waals surface area contributed by atoms with Gasteiger partial charge in [0.15, 0.2) is 0 Å². The summed E-state index contributed by atoms with van der Waals surface area (Å²) in [6.45, 7) is 9.75. The minimum Gasteiger partial charge on any atom is -0.400 e. The quantitative estimate of drug-likeness (QED) is 0.710. The predicted octanol–water partition coefficient (Wildman–Crippen LogP) is 4.82. The minimum atomic E-state index is 0.430. The van der Waals surface area contributed by atoms with Crippen molar-refractivity contribution in [2.45, 2.75) is 59.8 Å². The molecule has 0 spiro atoms. The fourth-order valence-corrected chi connectivity index (χ4v) is 2.41. The van der Waals surface area contributed by atoms with Gasteiger partial charge in [-0.2, -0.15) is 0 Å². The Morgan fingerprint density at radius 1 is 1.09 bits per heavy atom. The van der Waals surface area contributed by atoms with Crippen molar-refractivity contribution in [3.8, 4) is 0 Å². The van der Waals surface area contributed by atoms with E-state index in [1.165, 1.54) is 32.1 Å². The fourth-order valence-electron chi connectivity index (χ4n) is 2.41. The van der Waals surface area contributed by atoms with Gasteiger partial charge in [0.2, 0.25) is 0 Å². The maximum atomic E-state index is 7.00. The average Bonchev–Trinajstić information content (AvgIpc) is 2.51. The number of unbranched alkanes of at least 4 members (excludes halogenated alkanes) is 1. The largest absolute Gasteiger partial charge is 0.400 e. The van der Waals surface area contributed by atoms with Crippen LogP contribution in [0.5, 0.6) is 0 Å². The Hall–Kier alpha value is -1.06. The Balaban J connectivity index is 0. The number of aliphatic hydroxyl groups excluding tert-OH is 1. The van der Waals surface area contributed by atoms with Crippen LogP contribution in [0.3, 0.4) is 0 Å². The first-order valence-corrected chi connectivity index (χ1v) is 8.24. The SMILES string of the molecule is CCCCC(C)(CCC)COC.CO.Cc1ccccc1N. The summed E-state index contributed by atoms with van der Waals surface area (Å²) in [4.78, 5) is 0. The molecule has 1 unspecified atom stereocenters. The number of aliphatic hydroxyl groups is 1. The third kappa shape index (κ3) is 11.6. The van der Waals surface area contributed by atoms with Crippen molar-refractivity contribution in [1.29, 1.82) is 0 Å². The van der Waals surface area contributed by atoms with Gasteiger partial charge < -0.3 is 15.6 Å². The molecule has 0 amide bonds. The van der Waals surface area contributed by atoms with Crippen LogP contribution in [0.15, 0.2) is 24.3 Å². The van der Waals surface area contributed by atoms with Crippen LogP contribution < -0.4 is 5.73 Å². The van der Waals surface area contributed by atoms with Crippen LogP contribution in [0.25, 0.3) is 0 Å². The second-order valence-electron chi connectivity index (χ2n) is 5.95. The van der Waals surface area contributed by atoms with Crippen LogP contribution in [0.1, 0.15) is 58.4 Å². The van der Waals surface area contributed by atoms with Gasteiger partial charge in [0.25, 0.3) is 0 Å². The standard InChI is InChI=1S/C11H24O.C7H9N.CH4O/c1-5-7-9-11(3,8-6-2)10-12-4;1-6-4-2-3-5-7(6)8;1-2/h5-10H2,1-4H3;2-5H,8H2,1H3;2H,1H3. The van der Waals surface area contributed by atoms with E-state index in [1.54, 1.807) is 7.11 Å². The molecule has 0 aliphatic carbocycles. The number of methoxy groups -OCH3 is 1. The van der Waals surface area contributed by atoms with Crippen LogP contribution >= 0.6 is 0 Å². The van der Waals surface area contributed by atoms with Crippen molar-refractivity contribution < 1.29 is 9.84 Å². The average molecular weight is 312 g/mol. The summed E-state index contributed by atoms with van der Waals surface area (Å²) in [5, 5.41) is 7.00. The molecule has 1 aromatic carbocycles. The number of nitrogens with two attached hydrogens (primary N) is 1. The van der Waals surface area contributed by atoms with E-state index in [0.717, 1.165) is 25.0 Å². The smallest absolute Gasteiger partial charge is 0.0515 e. The highest BCUT2D eigenvalue weighted by molar-refractivity contribution is 5.44. The second kappa shape index (κ2) is 14.9. The first-order chi connectivity index (χ1) is 10.5. The van der Waals surface area contributed by atoms with Crippen LogP contribution in [0.2, 0.25) is 0 Å². The van der Waals surface area contributed by atoms with Crippen molar-refractivity contribution in [2.24, 2.45) is 5.41 Å². The summed E-state index contributed by atoms with van der Waals surface area (Å²) in [7, 11) is 2.81. The number of ether oxygens (including phenoxy) is 1. The molecular formula is C19H37NO2. The zero-order chi connectivity index (χ0) is 17.4. The number of rotatable bonds is 7. The zero-order valence-electron chi connectivity index (χ0n) is 15.5. The van der Waals surface area contributed by atoms with Crippen LogP contribution in [-0.2, 0) is 4.74 Å². The van der Waals surface area contributed by atoms with E-state index in [4.69, 9.17) is 15.6 Å². The molecule has 0 aliphatic heterocycles. The summed E-state index contributed by atoms with van der Waals surface area (Å²) >= 11 is 0. The minimum absolute atomic E-state index is 0.430. The third-order valence-electron chi connectivity index (χ3n) is 3.67. The van der Waals surface area contributed by atoms with Gasteiger partial charge in [0.1, 0.15) is 0 Å². The maximum Gasteiger partial charge on any atom is 0.0515 e. The molecule has 1 rings (SSSR count). The molecule has 0 heterocycles. The van der Waals surface area contributed by atoms with E-state index in [2.05, 4.69) is 20.8 Å². The highest BCUT2D eigenvalue weighted by Gasteiger charge is 2.21. The molecule has 1 atom stereocenters. The molecule has 130 valence electrons. The van der Waals surface area contributed by atoms with Gasteiger partial charge in [0, 0.05) is 19.9 Å². The van der Waals surface area contributed by atoms with E-state index in [1.807, 2.05) is 31.2 Å². The topological polar surface area (TPSA) is 55.5 Å². The molecule has 3 N–H and O–H groups in total. The Labute approximate surface area is 137 Å². The molecule has 3 heteroatoms. The van der Waals surface area contributed by atoms with E-state index >= 15 is 0 Å². The first kappa shape index (κ1) is 23.2. The van der Waals surface area contributed by atoms with Crippen molar-refractivity contribution in [3.05, 3.63) is 29.8 Å². The number of nitrogen functional groups attached to an aromatic ring is 1. The Morgan fingerprint density at radius 2 is 1.68 bits per heavy atom. The second-order valence-corrected chi connectivity index (χ2v) is 5.95. The lowest BCUT2D eigenvalue weighted by Crippen LogP contribution is -2.22. The molecule has 0 saturated carbocycles. The molecule has 0 radical (unpaired) electrons. The molecule has 0 fully saturated rings. The van der Waals surface area contributed by atoms with Crippen molar-refractivity contribution in [2.75, 3.05) is 26.6 Å². The molecule has 1 aromatic rings. The van der Waals surface area contributed by atoms with Gasteiger partial charge >= 0.3 is 0 Å². The van der Waals surface area contributed by atoms with Gasteiger partial charge in [-0.1, -0.05) is 58.2 Å². The van der Waals surface area contributed by atoms with Crippen molar-refractivity contribution in [1.82, 2.24) is 0 Å². The highest BCUT2D eigenvalue weighted by atomic mass is 16.5. The van der Waals surface area contributed by atoms with Gasteiger partial charge in [-0.3, -0.25) is 0 Å². The number of para-hydroxylation sites is 1. The zero-order valence-corrected chi connectivity index (χ0v) is 15.5. The number of anilines is 1. The molecule has 0 aromatic heterocycles. The van der Waals surface area contributed by atoms with Gasteiger partial charge in [-0.15, -0.1) is 0 Å². The predicted molar refractivity (Wildman–Crippen MR) is 98.2 cm³/mol. The number of hydrogen-bond donors (Lipinski definition) is 2. The fraction of sp³-hybridized carbons (Fsp3) is 0.684. The summed E-state index contributed by atoms with van der Waals surface area (Å²) in [5.74, 6) is 0. The van der Waals surface area contributed by atoms with Crippen molar-refractivity contribution in [3.63, 3.8) is 0 Å². The van der Waals surface area contributed by atoms with Gasteiger partial charge in [-0.05, 0) is 36.8 Å². The number of hydrogen-bond acceptors (Lipinski definition) is 3. The Kier molecular flexibility index (Phi) is 15.7. The van der Waals surface area contributed by atoms with Crippen LogP contribution in [-0.4, -0.2) is 25.9 Å². The molecule has 22 heavy (non-hydrogen) atoms. The molecule has 0 bridgehead atoms. The monoisotopic (exact) mass is 311 g/mol. The lowest BCUT2D eigenvalue weighted by molar-refractivity contribution is 0.0763. The lowest BCUT2D eigenvalue weighted by Gasteiger charge is -2.28. The van der Waals surface area contributed by atoms with E-state index in [0.29, 0.717) is 5.41 Å². The summed E-state index contributed by atoms with van der Waals surface area (Å²) in [5.41, 5.74) is 7.96. The summed E-state index contributed by atoms with van der Waals surface area (Å²) in [6, 6.07) is 7.80. The Bertz CT molecular complexity index is 326. The summed E-state index contributed by atoms with van der Waals surface area (Å²) < 4.78 is 5.26. The summed E-state index contributed by atoms with van der Waals surface area (Å²) in [6.07, 6.45) is 6.50. The van der Waals surface area contributed by atoms with Crippen LogP contribution in [0, 0.1) is 12.3 Å². The maximum absolute atomic E-state index is 7.00. The molecular weight excluding hydrogens is 274 g/mol. The van der Waals surface area contributed by atoms with E-state index in [9.17, 15) is 0 Å². The van der Waals surface area contributed by atoms with Crippen LogP contribution in [0.4, 0.5) is 5.69 Å². The number of aryl methyl sites for hydroxylation is 1. The van der Waals surface area contributed by atoms with Gasteiger partial charge in [0.05, 0.1) is 6.61 Å². The van der Waals surface area contributed by atoms with Gasteiger partial charge in [-0.25, -0.2) is 0 Å². The number of benzene rings is 1.